The Hall–Kier alpha value is -2.90. The Morgan fingerprint density at radius 3 is 2.33 bits per heavy atom. The molecular weight excluding hydrogens is 326 g/mol. The molecule has 24 heavy (non-hydrogen) atoms. The van der Waals surface area contributed by atoms with Gasteiger partial charge in [0.2, 0.25) is 0 Å². The molecule has 0 spiro atoms. The maximum absolute atomic E-state index is 11.0. The third-order valence-electron chi connectivity index (χ3n) is 3.44. The van der Waals surface area contributed by atoms with E-state index in [1.54, 1.807) is 30.3 Å². The van der Waals surface area contributed by atoms with Crippen LogP contribution < -0.4 is 5.73 Å². The molecule has 0 aliphatic rings. The molecule has 0 unspecified atom stereocenters. The Balaban J connectivity index is 0.000000149. The lowest BCUT2D eigenvalue weighted by Crippen LogP contribution is -1.98. The van der Waals surface area contributed by atoms with Crippen molar-refractivity contribution in [2.24, 2.45) is 0 Å². The number of hydrogen-bond donors (Lipinski definition) is 3. The first-order valence-electron chi connectivity index (χ1n) is 7.10. The van der Waals surface area contributed by atoms with Crippen LogP contribution >= 0.6 is 0 Å². The summed E-state index contributed by atoms with van der Waals surface area (Å²) in [5.41, 5.74) is 7.33. The van der Waals surface area contributed by atoms with E-state index < -0.39 is 10.1 Å². The quantitative estimate of drug-likeness (QED) is 0.461. The minimum atomic E-state index is -4.13. The molecule has 0 fully saturated rings. The molecule has 1 aromatic heterocycles. The number of nitrogens with two attached hydrogens (primary N) is 1. The zero-order valence-electron chi connectivity index (χ0n) is 12.5. The fraction of sp³-hybridized carbons (Fsp3) is 0. The summed E-state index contributed by atoms with van der Waals surface area (Å²) in [6, 6.07) is 19.5. The van der Waals surface area contributed by atoms with Crippen LogP contribution in [0.3, 0.4) is 0 Å². The van der Waals surface area contributed by atoms with Gasteiger partial charge in [0.25, 0.3) is 10.1 Å². The zero-order chi connectivity index (χ0) is 17.2. The van der Waals surface area contributed by atoms with E-state index in [9.17, 15) is 8.42 Å². The number of nitrogens with one attached hydrogen (secondary N) is 1. The Morgan fingerprint density at radius 1 is 0.917 bits per heavy atom. The highest BCUT2D eigenvalue weighted by Gasteiger charge is 2.12. The molecule has 0 radical (unpaired) electrons. The summed E-state index contributed by atoms with van der Waals surface area (Å²) in [5, 5.41) is 1.33. The summed E-state index contributed by atoms with van der Waals surface area (Å²) in [5.74, 6) is 0.473. The second-order valence-electron chi connectivity index (χ2n) is 5.09. The zero-order valence-corrected chi connectivity index (χ0v) is 13.4. The Kier molecular flexibility index (Phi) is 4.20. The molecule has 7 heteroatoms. The fourth-order valence-corrected chi connectivity index (χ4v) is 3.11. The number of nitrogens with zero attached hydrogens (tertiary/aromatic N) is 1. The van der Waals surface area contributed by atoms with Gasteiger partial charge in [0, 0.05) is 5.39 Å². The number of H-pyrrole nitrogens is 1. The Labute approximate surface area is 138 Å². The number of imidazole rings is 1. The number of para-hydroxylation sites is 2. The fourth-order valence-electron chi connectivity index (χ4n) is 2.39. The molecule has 4 N–H and O–H groups in total. The molecular formula is C17H15N3O3S. The van der Waals surface area contributed by atoms with E-state index in [1.165, 1.54) is 6.07 Å². The van der Waals surface area contributed by atoms with Gasteiger partial charge in [-0.25, -0.2) is 4.98 Å². The van der Waals surface area contributed by atoms with Crippen LogP contribution in [0.2, 0.25) is 0 Å². The average molecular weight is 341 g/mol. The predicted octanol–water partition coefficient (Wildman–Crippen LogP) is 3.23. The van der Waals surface area contributed by atoms with Crippen molar-refractivity contribution in [2.45, 2.75) is 4.90 Å². The normalized spacial score (nSPS) is 11.2. The smallest absolute Gasteiger partial charge is 0.295 e. The average Bonchev–Trinajstić information content (AvgIpc) is 2.94. The van der Waals surface area contributed by atoms with Crippen molar-refractivity contribution in [1.82, 2.24) is 9.97 Å². The number of rotatable bonds is 1. The number of anilines is 1. The van der Waals surface area contributed by atoms with Crippen molar-refractivity contribution in [3.63, 3.8) is 0 Å². The number of hydrogen-bond acceptors (Lipinski definition) is 4. The first-order chi connectivity index (χ1) is 11.4. The molecule has 3 aromatic carbocycles. The van der Waals surface area contributed by atoms with E-state index >= 15 is 0 Å². The van der Waals surface area contributed by atoms with Gasteiger partial charge in [-0.15, -0.1) is 0 Å². The van der Waals surface area contributed by atoms with Gasteiger partial charge in [-0.1, -0.05) is 48.5 Å². The lowest BCUT2D eigenvalue weighted by atomic mass is 10.1. The molecule has 1 heterocycles. The highest BCUT2D eigenvalue weighted by Crippen LogP contribution is 2.22. The van der Waals surface area contributed by atoms with Crippen molar-refractivity contribution in [2.75, 3.05) is 5.73 Å². The van der Waals surface area contributed by atoms with Gasteiger partial charge < -0.3 is 10.7 Å². The van der Waals surface area contributed by atoms with Gasteiger partial charge in [0.1, 0.15) is 4.90 Å². The predicted molar refractivity (Wildman–Crippen MR) is 94.3 cm³/mol. The van der Waals surface area contributed by atoms with Crippen molar-refractivity contribution >= 4 is 37.9 Å². The van der Waals surface area contributed by atoms with Gasteiger partial charge in [-0.2, -0.15) is 8.42 Å². The summed E-state index contributed by atoms with van der Waals surface area (Å²) < 4.78 is 31.0. The number of benzene rings is 3. The van der Waals surface area contributed by atoms with Crippen LogP contribution in [0, 0.1) is 0 Å². The molecule has 0 saturated heterocycles. The second kappa shape index (κ2) is 6.31. The molecule has 6 nitrogen and oxygen atoms in total. The van der Waals surface area contributed by atoms with Crippen LogP contribution in [0.5, 0.6) is 0 Å². The maximum Gasteiger partial charge on any atom is 0.295 e. The minimum Gasteiger partial charge on any atom is -0.369 e. The molecule has 0 atom stereocenters. The molecule has 122 valence electrons. The van der Waals surface area contributed by atoms with E-state index in [0.717, 1.165) is 16.4 Å². The van der Waals surface area contributed by atoms with Crippen LogP contribution in [0.1, 0.15) is 0 Å². The molecule has 0 aliphatic heterocycles. The third kappa shape index (κ3) is 3.37. The first kappa shape index (κ1) is 16.0. The lowest BCUT2D eigenvalue weighted by molar-refractivity contribution is 0.484. The van der Waals surface area contributed by atoms with E-state index in [4.69, 9.17) is 10.3 Å². The second-order valence-corrected chi connectivity index (χ2v) is 6.48. The lowest BCUT2D eigenvalue weighted by Gasteiger charge is -2.02. The molecule has 0 amide bonds. The van der Waals surface area contributed by atoms with Gasteiger partial charge >= 0.3 is 0 Å². The number of aromatic amines is 1. The first-order valence-corrected chi connectivity index (χ1v) is 8.54. The van der Waals surface area contributed by atoms with Crippen LogP contribution in [-0.2, 0) is 10.1 Å². The van der Waals surface area contributed by atoms with Crippen LogP contribution in [-0.4, -0.2) is 22.9 Å². The topological polar surface area (TPSA) is 109 Å². The molecule has 0 saturated carbocycles. The monoisotopic (exact) mass is 341 g/mol. The van der Waals surface area contributed by atoms with Gasteiger partial charge in [0.05, 0.1) is 11.0 Å². The summed E-state index contributed by atoms with van der Waals surface area (Å²) in [7, 11) is -4.13. The summed E-state index contributed by atoms with van der Waals surface area (Å²) in [6.45, 7) is 0. The van der Waals surface area contributed by atoms with E-state index in [2.05, 4.69) is 9.97 Å². The van der Waals surface area contributed by atoms with E-state index in [-0.39, 0.29) is 4.90 Å². The molecule has 0 bridgehead atoms. The Bertz CT molecular complexity index is 1070. The largest absolute Gasteiger partial charge is 0.369 e. The Morgan fingerprint density at radius 2 is 1.58 bits per heavy atom. The van der Waals surface area contributed by atoms with Crippen LogP contribution in [0.4, 0.5) is 5.95 Å². The van der Waals surface area contributed by atoms with Crippen molar-refractivity contribution in [1.29, 1.82) is 0 Å². The SMILES string of the molecule is Nc1nc2ccccc2[nH]1.O=S(=O)(O)c1cccc2ccccc12. The molecule has 4 aromatic rings. The molecule has 4 rings (SSSR count). The van der Waals surface area contributed by atoms with Crippen LogP contribution in [0.15, 0.2) is 71.6 Å². The van der Waals surface area contributed by atoms with E-state index in [0.29, 0.717) is 11.3 Å². The highest BCUT2D eigenvalue weighted by atomic mass is 32.2. The van der Waals surface area contributed by atoms with Crippen molar-refractivity contribution in [3.05, 3.63) is 66.7 Å². The molecule has 0 aliphatic carbocycles. The van der Waals surface area contributed by atoms with Gasteiger partial charge in [-0.3, -0.25) is 4.55 Å². The van der Waals surface area contributed by atoms with Gasteiger partial charge in [-0.05, 0) is 23.6 Å². The van der Waals surface area contributed by atoms with E-state index in [1.807, 2.05) is 30.3 Å². The maximum atomic E-state index is 11.0. The number of nitrogen functional groups attached to an aromatic ring is 1. The standard InChI is InChI=1S/C10H8O3S.C7H7N3/c11-14(12,13)10-7-3-5-8-4-1-2-6-9(8)10;8-7-9-5-3-1-2-4-6(5)10-7/h1-7H,(H,11,12,13);1-4H,(H3,8,9,10). The summed E-state index contributed by atoms with van der Waals surface area (Å²) in [4.78, 5) is 6.91. The van der Waals surface area contributed by atoms with Crippen LogP contribution in [0.25, 0.3) is 21.8 Å². The highest BCUT2D eigenvalue weighted by molar-refractivity contribution is 7.86. The van der Waals surface area contributed by atoms with Crippen molar-refractivity contribution in [3.8, 4) is 0 Å². The number of aromatic nitrogens is 2. The van der Waals surface area contributed by atoms with Gasteiger partial charge in [0.15, 0.2) is 5.95 Å². The minimum absolute atomic E-state index is 0.0457. The summed E-state index contributed by atoms with van der Waals surface area (Å²) in [6.07, 6.45) is 0. The van der Waals surface area contributed by atoms with Crippen molar-refractivity contribution < 1.29 is 13.0 Å². The third-order valence-corrected chi connectivity index (χ3v) is 4.35. The number of fused-ring (bicyclic) bond motifs is 2. The summed E-state index contributed by atoms with van der Waals surface area (Å²) >= 11 is 0.